The number of fused-ring (bicyclic) bond motifs is 1. The van der Waals surface area contributed by atoms with Crippen LogP contribution in [0.1, 0.15) is 26.2 Å². The summed E-state index contributed by atoms with van der Waals surface area (Å²) in [6, 6.07) is 0.724. The predicted octanol–water partition coefficient (Wildman–Crippen LogP) is 0.966. The third-order valence-corrected chi connectivity index (χ3v) is 4.02. The molecule has 0 aliphatic carbocycles. The lowest BCUT2D eigenvalue weighted by Crippen LogP contribution is -2.39. The number of methoxy groups -OCH3 is 1. The predicted molar refractivity (Wildman–Crippen MR) is 66.8 cm³/mol. The summed E-state index contributed by atoms with van der Waals surface area (Å²) in [6.07, 6.45) is 3.89. The number of carbonyl (C=O) groups excluding carboxylic acids is 1. The molecule has 2 aliphatic rings. The van der Waals surface area contributed by atoms with Gasteiger partial charge in [0.05, 0.1) is 13.0 Å². The molecule has 2 unspecified atom stereocenters. The third-order valence-electron chi connectivity index (χ3n) is 4.02. The van der Waals surface area contributed by atoms with Gasteiger partial charge in [0.25, 0.3) is 0 Å². The largest absolute Gasteiger partial charge is 0.469 e. The van der Waals surface area contributed by atoms with Crippen LogP contribution in [0.2, 0.25) is 0 Å². The minimum absolute atomic E-state index is 0.00652. The van der Waals surface area contributed by atoms with Crippen molar-refractivity contribution in [1.29, 1.82) is 0 Å². The summed E-state index contributed by atoms with van der Waals surface area (Å²) in [5.41, 5.74) is 0. The Morgan fingerprint density at radius 1 is 1.35 bits per heavy atom. The molecular weight excluding hydrogens is 216 g/mol. The van der Waals surface area contributed by atoms with Gasteiger partial charge in [0.15, 0.2) is 0 Å². The van der Waals surface area contributed by atoms with Gasteiger partial charge in [-0.15, -0.1) is 0 Å². The van der Waals surface area contributed by atoms with Gasteiger partial charge in [0.1, 0.15) is 0 Å². The highest BCUT2D eigenvalue weighted by Crippen LogP contribution is 2.21. The number of rotatable bonds is 3. The number of carbonyl (C=O) groups is 1. The van der Waals surface area contributed by atoms with E-state index in [9.17, 15) is 4.79 Å². The number of ether oxygens (including phenoxy) is 1. The Balaban J connectivity index is 1.86. The number of esters is 1. The Labute approximate surface area is 104 Å². The van der Waals surface area contributed by atoms with Gasteiger partial charge in [-0.05, 0) is 38.9 Å². The van der Waals surface area contributed by atoms with Crippen LogP contribution < -0.4 is 0 Å². The maximum absolute atomic E-state index is 11.4. The molecule has 17 heavy (non-hydrogen) atoms. The summed E-state index contributed by atoms with van der Waals surface area (Å²) in [5.74, 6) is -0.0921. The van der Waals surface area contributed by atoms with Gasteiger partial charge in [-0.3, -0.25) is 9.69 Å². The summed E-state index contributed by atoms with van der Waals surface area (Å²) in [7, 11) is 1.47. The lowest BCUT2D eigenvalue weighted by Gasteiger charge is -2.26. The molecule has 0 aromatic heterocycles. The normalized spacial score (nSPS) is 28.5. The maximum atomic E-state index is 11.4. The number of nitrogens with zero attached hydrogens (tertiary/aromatic N) is 2. The van der Waals surface area contributed by atoms with Crippen LogP contribution in [-0.2, 0) is 9.53 Å². The van der Waals surface area contributed by atoms with E-state index < -0.39 is 0 Å². The molecule has 0 radical (unpaired) electrons. The lowest BCUT2D eigenvalue weighted by atomic mass is 10.1. The highest BCUT2D eigenvalue weighted by molar-refractivity contribution is 5.72. The fourth-order valence-corrected chi connectivity index (χ4v) is 3.11. The van der Waals surface area contributed by atoms with Crippen molar-refractivity contribution in [3.63, 3.8) is 0 Å². The molecule has 2 fully saturated rings. The number of hydrogen-bond donors (Lipinski definition) is 0. The van der Waals surface area contributed by atoms with E-state index in [0.29, 0.717) is 0 Å². The van der Waals surface area contributed by atoms with E-state index in [0.717, 1.165) is 25.7 Å². The van der Waals surface area contributed by atoms with E-state index in [2.05, 4.69) is 9.80 Å². The van der Waals surface area contributed by atoms with Crippen LogP contribution in [0, 0.1) is 5.92 Å². The van der Waals surface area contributed by atoms with Gasteiger partial charge >= 0.3 is 5.97 Å². The van der Waals surface area contributed by atoms with Crippen LogP contribution in [0.25, 0.3) is 0 Å². The second kappa shape index (κ2) is 5.83. The van der Waals surface area contributed by atoms with Crippen molar-refractivity contribution < 1.29 is 9.53 Å². The van der Waals surface area contributed by atoms with Crippen LogP contribution >= 0.6 is 0 Å². The summed E-state index contributed by atoms with van der Waals surface area (Å²) in [4.78, 5) is 16.5. The molecule has 0 bridgehead atoms. The van der Waals surface area contributed by atoms with Crippen LogP contribution in [-0.4, -0.2) is 61.6 Å². The molecule has 2 atom stereocenters. The first-order valence-electron chi connectivity index (χ1n) is 6.75. The zero-order valence-corrected chi connectivity index (χ0v) is 11.0. The van der Waals surface area contributed by atoms with Crippen molar-refractivity contribution >= 4 is 5.97 Å². The Morgan fingerprint density at radius 3 is 2.88 bits per heavy atom. The standard InChI is InChI=1S/C13H24N2O2/c1-11(13(16)17-2)9-14-6-4-8-15-7-3-5-12(15)10-14/h11-12H,3-10H2,1-2H3. The molecule has 0 saturated carbocycles. The Bertz CT molecular complexity index is 270. The van der Waals surface area contributed by atoms with E-state index in [4.69, 9.17) is 4.74 Å². The molecule has 2 heterocycles. The van der Waals surface area contributed by atoms with Gasteiger partial charge in [-0.1, -0.05) is 6.92 Å². The average molecular weight is 240 g/mol. The molecule has 2 saturated heterocycles. The topological polar surface area (TPSA) is 32.8 Å². The van der Waals surface area contributed by atoms with Crippen molar-refractivity contribution in [3.8, 4) is 0 Å². The molecule has 2 rings (SSSR count). The molecule has 0 aromatic carbocycles. The van der Waals surface area contributed by atoms with Crippen molar-refractivity contribution in [2.75, 3.05) is 39.8 Å². The van der Waals surface area contributed by atoms with Crippen molar-refractivity contribution in [2.45, 2.75) is 32.2 Å². The Morgan fingerprint density at radius 2 is 2.12 bits per heavy atom. The zero-order valence-electron chi connectivity index (χ0n) is 11.0. The third kappa shape index (κ3) is 3.19. The van der Waals surface area contributed by atoms with Gasteiger partial charge in [0.2, 0.25) is 0 Å². The van der Waals surface area contributed by atoms with Crippen LogP contribution in [0.5, 0.6) is 0 Å². The second-order valence-electron chi connectivity index (χ2n) is 5.37. The van der Waals surface area contributed by atoms with Crippen LogP contribution in [0.3, 0.4) is 0 Å². The Kier molecular flexibility index (Phi) is 4.40. The molecule has 98 valence electrons. The second-order valence-corrected chi connectivity index (χ2v) is 5.37. The molecule has 2 aliphatic heterocycles. The summed E-state index contributed by atoms with van der Waals surface area (Å²) >= 11 is 0. The molecule has 0 aromatic rings. The lowest BCUT2D eigenvalue weighted by molar-refractivity contribution is -0.145. The van der Waals surface area contributed by atoms with Crippen LogP contribution in [0.15, 0.2) is 0 Å². The van der Waals surface area contributed by atoms with Crippen molar-refractivity contribution in [3.05, 3.63) is 0 Å². The van der Waals surface area contributed by atoms with Gasteiger partial charge in [-0.25, -0.2) is 0 Å². The average Bonchev–Trinajstić information content (AvgIpc) is 2.67. The summed E-state index contributed by atoms with van der Waals surface area (Å²) < 4.78 is 4.80. The highest BCUT2D eigenvalue weighted by Gasteiger charge is 2.29. The zero-order chi connectivity index (χ0) is 12.3. The van der Waals surface area contributed by atoms with Gasteiger partial charge in [0, 0.05) is 19.1 Å². The molecule has 0 amide bonds. The molecule has 0 spiro atoms. The first-order chi connectivity index (χ1) is 8.20. The van der Waals surface area contributed by atoms with Crippen LogP contribution in [0.4, 0.5) is 0 Å². The van der Waals surface area contributed by atoms with Gasteiger partial charge < -0.3 is 9.64 Å². The molecule has 0 N–H and O–H groups in total. The SMILES string of the molecule is COC(=O)C(C)CN1CCCN2CCCC2C1. The van der Waals surface area contributed by atoms with E-state index >= 15 is 0 Å². The van der Waals surface area contributed by atoms with E-state index in [1.54, 1.807) is 0 Å². The fraction of sp³-hybridized carbons (Fsp3) is 0.923. The first kappa shape index (κ1) is 12.8. The first-order valence-corrected chi connectivity index (χ1v) is 6.75. The van der Waals surface area contributed by atoms with E-state index in [-0.39, 0.29) is 11.9 Å². The molecule has 4 nitrogen and oxygen atoms in total. The molecule has 4 heteroatoms. The monoisotopic (exact) mass is 240 g/mol. The minimum atomic E-state index is -0.0856. The van der Waals surface area contributed by atoms with E-state index in [1.165, 1.54) is 39.5 Å². The summed E-state index contributed by atoms with van der Waals surface area (Å²) in [6.45, 7) is 7.55. The van der Waals surface area contributed by atoms with E-state index in [1.807, 2.05) is 6.92 Å². The van der Waals surface area contributed by atoms with Crippen molar-refractivity contribution in [2.24, 2.45) is 5.92 Å². The Hall–Kier alpha value is -0.610. The summed E-state index contributed by atoms with van der Waals surface area (Å²) in [5, 5.41) is 0. The fourth-order valence-electron chi connectivity index (χ4n) is 3.11. The minimum Gasteiger partial charge on any atom is -0.469 e. The quantitative estimate of drug-likeness (QED) is 0.688. The highest BCUT2D eigenvalue weighted by atomic mass is 16.5. The van der Waals surface area contributed by atoms with Crippen molar-refractivity contribution in [1.82, 2.24) is 9.80 Å². The van der Waals surface area contributed by atoms with Gasteiger partial charge in [-0.2, -0.15) is 0 Å². The smallest absolute Gasteiger partial charge is 0.309 e. The number of hydrogen-bond acceptors (Lipinski definition) is 4. The maximum Gasteiger partial charge on any atom is 0.309 e. The molecular formula is C13H24N2O2.